The molecule has 4 heteroatoms. The van der Waals surface area contributed by atoms with Crippen LogP contribution in [0.5, 0.6) is 0 Å². The van der Waals surface area contributed by atoms with Crippen LogP contribution in [0.3, 0.4) is 0 Å². The molecule has 1 fully saturated rings. The van der Waals surface area contributed by atoms with Crippen molar-refractivity contribution in [3.8, 4) is 0 Å². The van der Waals surface area contributed by atoms with E-state index in [1.54, 1.807) is 6.07 Å². The molecule has 82 valence electrons. The molecule has 2 nitrogen and oxygen atoms in total. The minimum absolute atomic E-state index is 0.514. The van der Waals surface area contributed by atoms with Crippen molar-refractivity contribution in [1.29, 1.82) is 0 Å². The van der Waals surface area contributed by atoms with Gasteiger partial charge in [-0.1, -0.05) is 6.07 Å². The first kappa shape index (κ1) is 10.5. The summed E-state index contributed by atoms with van der Waals surface area (Å²) in [6.07, 6.45) is 1.50. The van der Waals surface area contributed by atoms with E-state index in [9.17, 15) is 8.78 Å². The topological polar surface area (TPSA) is 38.0 Å². The van der Waals surface area contributed by atoms with E-state index in [1.165, 1.54) is 6.07 Å². The molecule has 2 rings (SSSR count). The minimum atomic E-state index is -0.823. The molecular formula is C11H14F2N2. The van der Waals surface area contributed by atoms with Crippen LogP contribution in [0.15, 0.2) is 18.2 Å². The fourth-order valence-electron chi connectivity index (χ4n) is 1.97. The van der Waals surface area contributed by atoms with Crippen molar-refractivity contribution >= 4 is 0 Å². The second-order valence-electron chi connectivity index (χ2n) is 4.04. The standard InChI is InChI=1S/C11H14F2N2/c12-9-2-1-8(7-10(9)13)11(14)3-5-15-6-4-11/h1-2,7,15H,3-6,14H2. The fraction of sp³-hybridized carbons (Fsp3) is 0.455. The van der Waals surface area contributed by atoms with E-state index >= 15 is 0 Å². The molecule has 1 aliphatic rings. The fourth-order valence-corrected chi connectivity index (χ4v) is 1.97. The Balaban J connectivity index is 2.31. The summed E-state index contributed by atoms with van der Waals surface area (Å²) in [5.41, 5.74) is 6.34. The molecule has 0 bridgehead atoms. The molecular weight excluding hydrogens is 198 g/mol. The van der Waals surface area contributed by atoms with Crippen LogP contribution in [0.25, 0.3) is 0 Å². The first-order valence-electron chi connectivity index (χ1n) is 5.07. The molecule has 0 aromatic heterocycles. The van der Waals surface area contributed by atoms with Crippen LogP contribution in [0.4, 0.5) is 8.78 Å². The van der Waals surface area contributed by atoms with Gasteiger partial charge in [0.05, 0.1) is 0 Å². The summed E-state index contributed by atoms with van der Waals surface area (Å²) in [5, 5.41) is 3.19. The van der Waals surface area contributed by atoms with Gasteiger partial charge < -0.3 is 11.1 Å². The van der Waals surface area contributed by atoms with Crippen molar-refractivity contribution in [2.75, 3.05) is 13.1 Å². The van der Waals surface area contributed by atoms with Gasteiger partial charge in [-0.3, -0.25) is 0 Å². The minimum Gasteiger partial charge on any atom is -0.321 e. The molecule has 0 saturated carbocycles. The number of hydrogen-bond donors (Lipinski definition) is 2. The molecule has 1 aliphatic heterocycles. The molecule has 0 spiro atoms. The van der Waals surface area contributed by atoms with Gasteiger partial charge in [-0.2, -0.15) is 0 Å². The summed E-state index contributed by atoms with van der Waals surface area (Å²) < 4.78 is 25.8. The van der Waals surface area contributed by atoms with Crippen molar-refractivity contribution in [2.24, 2.45) is 5.73 Å². The summed E-state index contributed by atoms with van der Waals surface area (Å²) in [4.78, 5) is 0. The zero-order valence-electron chi connectivity index (χ0n) is 8.39. The van der Waals surface area contributed by atoms with E-state index in [-0.39, 0.29) is 0 Å². The Bertz CT molecular complexity index is 360. The van der Waals surface area contributed by atoms with Gasteiger partial charge in [0, 0.05) is 5.54 Å². The zero-order chi connectivity index (χ0) is 10.9. The van der Waals surface area contributed by atoms with Gasteiger partial charge in [-0.25, -0.2) is 8.78 Å². The first-order valence-corrected chi connectivity index (χ1v) is 5.07. The highest BCUT2D eigenvalue weighted by Crippen LogP contribution is 2.28. The highest BCUT2D eigenvalue weighted by Gasteiger charge is 2.29. The van der Waals surface area contributed by atoms with E-state index in [4.69, 9.17) is 5.73 Å². The van der Waals surface area contributed by atoms with E-state index in [2.05, 4.69) is 5.32 Å². The predicted octanol–water partition coefficient (Wildman–Crippen LogP) is 1.50. The molecule has 15 heavy (non-hydrogen) atoms. The Kier molecular flexibility index (Phi) is 2.71. The van der Waals surface area contributed by atoms with E-state index < -0.39 is 17.2 Å². The van der Waals surface area contributed by atoms with Crippen LogP contribution in [0.2, 0.25) is 0 Å². The summed E-state index contributed by atoms with van der Waals surface area (Å²) in [6, 6.07) is 3.92. The highest BCUT2D eigenvalue weighted by molar-refractivity contribution is 5.26. The molecule has 0 unspecified atom stereocenters. The van der Waals surface area contributed by atoms with Gasteiger partial charge in [0.25, 0.3) is 0 Å². The molecule has 0 atom stereocenters. The molecule has 1 aromatic carbocycles. The summed E-state index contributed by atoms with van der Waals surface area (Å²) in [5.74, 6) is -1.65. The lowest BCUT2D eigenvalue weighted by molar-refractivity contribution is 0.315. The molecule has 1 aromatic rings. The van der Waals surface area contributed by atoms with Crippen molar-refractivity contribution in [1.82, 2.24) is 5.32 Å². The number of nitrogens with two attached hydrogens (primary N) is 1. The summed E-state index contributed by atoms with van der Waals surface area (Å²) >= 11 is 0. The smallest absolute Gasteiger partial charge is 0.159 e. The van der Waals surface area contributed by atoms with E-state index in [1.807, 2.05) is 0 Å². The van der Waals surface area contributed by atoms with Gasteiger partial charge >= 0.3 is 0 Å². The Morgan fingerprint density at radius 1 is 1.13 bits per heavy atom. The maximum absolute atomic E-state index is 13.1. The van der Waals surface area contributed by atoms with Gasteiger partial charge in [0.2, 0.25) is 0 Å². The predicted molar refractivity (Wildman–Crippen MR) is 54.3 cm³/mol. The normalized spacial score (nSPS) is 20.2. The Morgan fingerprint density at radius 2 is 1.80 bits per heavy atom. The van der Waals surface area contributed by atoms with Crippen molar-refractivity contribution in [3.05, 3.63) is 35.4 Å². The molecule has 0 amide bonds. The maximum atomic E-state index is 13.1. The SMILES string of the molecule is NC1(c2ccc(F)c(F)c2)CCNCC1. The molecule has 0 radical (unpaired) electrons. The lowest BCUT2D eigenvalue weighted by Crippen LogP contribution is -2.46. The number of halogens is 2. The number of hydrogen-bond acceptors (Lipinski definition) is 2. The average Bonchev–Trinajstić information content (AvgIpc) is 2.23. The first-order chi connectivity index (χ1) is 7.12. The van der Waals surface area contributed by atoms with Crippen LogP contribution < -0.4 is 11.1 Å². The van der Waals surface area contributed by atoms with Gasteiger partial charge in [-0.15, -0.1) is 0 Å². The van der Waals surface area contributed by atoms with Crippen molar-refractivity contribution in [2.45, 2.75) is 18.4 Å². The van der Waals surface area contributed by atoms with Gasteiger partial charge in [0.1, 0.15) is 0 Å². The Labute approximate surface area is 87.5 Å². The van der Waals surface area contributed by atoms with Crippen LogP contribution in [0, 0.1) is 11.6 Å². The second-order valence-corrected chi connectivity index (χ2v) is 4.04. The second kappa shape index (κ2) is 3.87. The van der Waals surface area contributed by atoms with Crippen LogP contribution in [0.1, 0.15) is 18.4 Å². The molecule has 3 N–H and O–H groups in total. The third-order valence-corrected chi connectivity index (χ3v) is 2.99. The third-order valence-electron chi connectivity index (χ3n) is 2.99. The number of nitrogens with one attached hydrogen (secondary N) is 1. The van der Waals surface area contributed by atoms with Crippen molar-refractivity contribution < 1.29 is 8.78 Å². The quantitative estimate of drug-likeness (QED) is 0.740. The summed E-state index contributed by atoms with van der Waals surface area (Å²) in [7, 11) is 0. The molecule has 0 aliphatic carbocycles. The maximum Gasteiger partial charge on any atom is 0.159 e. The van der Waals surface area contributed by atoms with Crippen LogP contribution in [-0.4, -0.2) is 13.1 Å². The average molecular weight is 212 g/mol. The van der Waals surface area contributed by atoms with Crippen LogP contribution >= 0.6 is 0 Å². The number of piperidine rings is 1. The number of rotatable bonds is 1. The van der Waals surface area contributed by atoms with Gasteiger partial charge in [-0.05, 0) is 43.6 Å². The van der Waals surface area contributed by atoms with Gasteiger partial charge in [0.15, 0.2) is 11.6 Å². The van der Waals surface area contributed by atoms with E-state index in [0.29, 0.717) is 5.56 Å². The van der Waals surface area contributed by atoms with Crippen molar-refractivity contribution in [3.63, 3.8) is 0 Å². The Hall–Kier alpha value is -1.00. The monoisotopic (exact) mass is 212 g/mol. The lowest BCUT2D eigenvalue weighted by atomic mass is 9.82. The highest BCUT2D eigenvalue weighted by atomic mass is 19.2. The largest absolute Gasteiger partial charge is 0.321 e. The molecule has 1 heterocycles. The summed E-state index contributed by atoms with van der Waals surface area (Å²) in [6.45, 7) is 1.63. The van der Waals surface area contributed by atoms with E-state index in [0.717, 1.165) is 32.0 Å². The lowest BCUT2D eigenvalue weighted by Gasteiger charge is -2.34. The third kappa shape index (κ3) is 2.01. The number of benzene rings is 1. The molecule has 1 saturated heterocycles. The van der Waals surface area contributed by atoms with Crippen LogP contribution in [-0.2, 0) is 5.54 Å². The Morgan fingerprint density at radius 3 is 2.40 bits per heavy atom. The zero-order valence-corrected chi connectivity index (χ0v) is 8.39.